The molecule has 0 bridgehead atoms. The van der Waals surface area contributed by atoms with E-state index in [-0.39, 0.29) is 11.8 Å². The Morgan fingerprint density at radius 1 is 0.895 bits per heavy atom. The van der Waals surface area contributed by atoms with Gasteiger partial charge in [-0.1, -0.05) is 32.1 Å². The van der Waals surface area contributed by atoms with Gasteiger partial charge in [-0.15, -0.1) is 0 Å². The van der Waals surface area contributed by atoms with Gasteiger partial charge in [0.15, 0.2) is 6.10 Å². The quantitative estimate of drug-likeness (QED) is 0.723. The van der Waals surface area contributed by atoms with E-state index in [0.717, 1.165) is 38.5 Å². The van der Waals surface area contributed by atoms with Gasteiger partial charge in [0.25, 0.3) is 0 Å². The number of carboxylic acid groups (broad SMARTS) is 2. The molecule has 0 aliphatic heterocycles. The van der Waals surface area contributed by atoms with Gasteiger partial charge < -0.3 is 15.3 Å². The van der Waals surface area contributed by atoms with Crippen LogP contribution in [-0.2, 0) is 9.59 Å². The number of fused-ring (bicyclic) bond motifs is 1. The van der Waals surface area contributed by atoms with Crippen molar-refractivity contribution >= 4 is 11.9 Å². The van der Waals surface area contributed by atoms with Gasteiger partial charge in [-0.25, -0.2) is 4.79 Å². The van der Waals surface area contributed by atoms with E-state index >= 15 is 0 Å². The van der Waals surface area contributed by atoms with Crippen LogP contribution in [0, 0.1) is 23.7 Å². The summed E-state index contributed by atoms with van der Waals surface area (Å²) in [6.07, 6.45) is 5.38. The fourth-order valence-electron chi connectivity index (χ4n) is 4.14. The van der Waals surface area contributed by atoms with Crippen LogP contribution in [0.5, 0.6) is 0 Å². The summed E-state index contributed by atoms with van der Waals surface area (Å²) >= 11 is 0. The van der Waals surface area contributed by atoms with Crippen LogP contribution in [0.3, 0.4) is 0 Å². The molecule has 2 aliphatic carbocycles. The first-order chi connectivity index (χ1) is 9.02. The van der Waals surface area contributed by atoms with Crippen molar-refractivity contribution in [2.45, 2.75) is 51.0 Å². The van der Waals surface area contributed by atoms with Crippen LogP contribution in [0.2, 0.25) is 0 Å². The molecule has 0 amide bonds. The van der Waals surface area contributed by atoms with E-state index in [1.807, 2.05) is 0 Å². The molecule has 2 saturated carbocycles. The molecule has 0 aromatic heterocycles. The second-order valence-corrected chi connectivity index (χ2v) is 5.95. The number of aliphatic carboxylic acids is 2. The lowest BCUT2D eigenvalue weighted by Gasteiger charge is -2.44. The minimum absolute atomic E-state index is 0.192. The molecule has 0 saturated heterocycles. The summed E-state index contributed by atoms with van der Waals surface area (Å²) in [7, 11) is 0. The predicted molar refractivity (Wildman–Crippen MR) is 67.6 cm³/mol. The van der Waals surface area contributed by atoms with Crippen molar-refractivity contribution in [1.29, 1.82) is 0 Å². The Hall–Kier alpha value is -1.10. The average molecular weight is 270 g/mol. The summed E-state index contributed by atoms with van der Waals surface area (Å²) in [5.41, 5.74) is 0. The number of hydrogen-bond donors (Lipinski definition) is 3. The van der Waals surface area contributed by atoms with Gasteiger partial charge in [-0.2, -0.15) is 0 Å². The number of aliphatic hydroxyl groups excluding tert-OH is 1. The van der Waals surface area contributed by atoms with Crippen molar-refractivity contribution in [2.24, 2.45) is 23.7 Å². The number of rotatable bonds is 4. The van der Waals surface area contributed by atoms with Gasteiger partial charge in [0.05, 0.1) is 5.92 Å². The first-order valence-electron chi connectivity index (χ1n) is 7.16. The van der Waals surface area contributed by atoms with Gasteiger partial charge >= 0.3 is 11.9 Å². The summed E-state index contributed by atoms with van der Waals surface area (Å²) in [5, 5.41) is 27.9. The molecule has 0 aromatic carbocycles. The maximum atomic E-state index is 11.4. The van der Waals surface area contributed by atoms with Crippen molar-refractivity contribution in [3.05, 3.63) is 0 Å². The van der Waals surface area contributed by atoms with Crippen molar-refractivity contribution in [2.75, 3.05) is 0 Å². The second-order valence-electron chi connectivity index (χ2n) is 5.95. The maximum absolute atomic E-state index is 11.4. The fraction of sp³-hybridized carbons (Fsp3) is 0.857. The van der Waals surface area contributed by atoms with Gasteiger partial charge in [-0.05, 0) is 30.6 Å². The third-order valence-electron chi connectivity index (χ3n) is 4.97. The summed E-state index contributed by atoms with van der Waals surface area (Å²) in [4.78, 5) is 22.3. The molecule has 108 valence electrons. The topological polar surface area (TPSA) is 94.8 Å². The predicted octanol–water partition coefficient (Wildman–Crippen LogP) is 1.74. The average Bonchev–Trinajstić information content (AvgIpc) is 2.38. The van der Waals surface area contributed by atoms with Gasteiger partial charge in [0.1, 0.15) is 0 Å². The smallest absolute Gasteiger partial charge is 0.333 e. The molecule has 4 unspecified atom stereocenters. The fourth-order valence-corrected chi connectivity index (χ4v) is 4.14. The van der Waals surface area contributed by atoms with E-state index in [4.69, 9.17) is 5.11 Å². The highest BCUT2D eigenvalue weighted by Crippen LogP contribution is 2.47. The molecular formula is C14H22O5. The first-order valence-corrected chi connectivity index (χ1v) is 7.16. The Bertz CT molecular complexity index is 352. The van der Waals surface area contributed by atoms with Gasteiger partial charge in [0.2, 0.25) is 0 Å². The number of aliphatic hydroxyl groups is 1. The highest BCUT2D eigenvalue weighted by atomic mass is 16.4. The molecule has 0 radical (unpaired) electrons. The molecule has 5 nitrogen and oxygen atoms in total. The van der Waals surface area contributed by atoms with Crippen LogP contribution in [0.25, 0.3) is 0 Å². The lowest BCUT2D eigenvalue weighted by atomic mass is 9.61. The monoisotopic (exact) mass is 270 g/mol. The van der Waals surface area contributed by atoms with Crippen LogP contribution in [-0.4, -0.2) is 33.4 Å². The first kappa shape index (κ1) is 14.3. The normalized spacial score (nSPS) is 34.1. The zero-order valence-electron chi connectivity index (χ0n) is 11.0. The van der Waals surface area contributed by atoms with E-state index in [0.29, 0.717) is 5.92 Å². The Labute approximate surface area is 112 Å². The molecule has 0 spiro atoms. The zero-order chi connectivity index (χ0) is 14.0. The molecule has 0 heterocycles. The summed E-state index contributed by atoms with van der Waals surface area (Å²) in [6, 6.07) is 0. The van der Waals surface area contributed by atoms with E-state index in [9.17, 15) is 19.8 Å². The van der Waals surface area contributed by atoms with Crippen molar-refractivity contribution in [1.82, 2.24) is 0 Å². The molecule has 2 fully saturated rings. The molecular weight excluding hydrogens is 248 g/mol. The Morgan fingerprint density at radius 2 is 1.53 bits per heavy atom. The summed E-state index contributed by atoms with van der Waals surface area (Å²) in [6.45, 7) is 0. The van der Waals surface area contributed by atoms with Crippen molar-refractivity contribution in [3.8, 4) is 0 Å². The number of hydrogen-bond acceptors (Lipinski definition) is 3. The van der Waals surface area contributed by atoms with Crippen LogP contribution in [0.1, 0.15) is 44.9 Å². The third kappa shape index (κ3) is 2.91. The highest BCUT2D eigenvalue weighted by Gasteiger charge is 2.46. The van der Waals surface area contributed by atoms with Gasteiger partial charge in [0, 0.05) is 0 Å². The summed E-state index contributed by atoms with van der Waals surface area (Å²) < 4.78 is 0. The molecule has 5 atom stereocenters. The van der Waals surface area contributed by atoms with E-state index in [1.165, 1.54) is 6.42 Å². The minimum atomic E-state index is -1.79. The highest BCUT2D eigenvalue weighted by molar-refractivity contribution is 5.81. The lowest BCUT2D eigenvalue weighted by molar-refractivity contribution is -0.165. The molecule has 19 heavy (non-hydrogen) atoms. The molecule has 0 aromatic rings. The van der Waals surface area contributed by atoms with Crippen LogP contribution < -0.4 is 0 Å². The second kappa shape index (κ2) is 5.90. The Balaban J connectivity index is 2.19. The Morgan fingerprint density at radius 3 is 2.16 bits per heavy atom. The lowest BCUT2D eigenvalue weighted by Crippen LogP contribution is -2.45. The molecule has 2 aliphatic rings. The van der Waals surface area contributed by atoms with Crippen LogP contribution in [0.4, 0.5) is 0 Å². The van der Waals surface area contributed by atoms with Gasteiger partial charge in [-0.3, -0.25) is 4.79 Å². The van der Waals surface area contributed by atoms with Crippen LogP contribution in [0.15, 0.2) is 0 Å². The Kier molecular flexibility index (Phi) is 4.45. The van der Waals surface area contributed by atoms with E-state index in [1.54, 1.807) is 0 Å². The zero-order valence-corrected chi connectivity index (χ0v) is 11.0. The van der Waals surface area contributed by atoms with E-state index in [2.05, 4.69) is 0 Å². The van der Waals surface area contributed by atoms with Crippen LogP contribution >= 0.6 is 0 Å². The van der Waals surface area contributed by atoms with Crippen molar-refractivity contribution in [3.63, 3.8) is 0 Å². The largest absolute Gasteiger partial charge is 0.481 e. The standard InChI is InChI=1S/C14H22O5/c15-12(14(18)19)11(13(16)17)10-7-3-5-8-4-1-2-6-9(8)10/h8-12,15H,1-7H2,(H,16,17)(H,18,19)/t8?,9?,10-,11?,12?/m0/s1. The summed E-state index contributed by atoms with van der Waals surface area (Å²) in [5.74, 6) is -3.16. The maximum Gasteiger partial charge on any atom is 0.333 e. The molecule has 3 N–H and O–H groups in total. The van der Waals surface area contributed by atoms with Crippen molar-refractivity contribution < 1.29 is 24.9 Å². The molecule has 2 rings (SSSR count). The minimum Gasteiger partial charge on any atom is -0.481 e. The molecule has 5 heteroatoms. The third-order valence-corrected chi connectivity index (χ3v) is 4.97. The number of carboxylic acids is 2. The van der Waals surface area contributed by atoms with E-state index < -0.39 is 24.0 Å². The SMILES string of the molecule is O=C(O)C(O)C(C(=O)O)[C@H]1CCCC2CCCCC21. The number of carbonyl (C=O) groups is 2.